The number of carboxylic acids is 1. The van der Waals surface area contributed by atoms with Crippen LogP contribution >= 0.6 is 0 Å². The van der Waals surface area contributed by atoms with E-state index in [1.165, 1.54) is 0 Å². The van der Waals surface area contributed by atoms with Gasteiger partial charge in [0, 0.05) is 37.9 Å². The molecule has 2 aromatic rings. The summed E-state index contributed by atoms with van der Waals surface area (Å²) in [5.74, 6) is 0.311. The van der Waals surface area contributed by atoms with E-state index in [2.05, 4.69) is 12.2 Å². The van der Waals surface area contributed by atoms with Crippen molar-refractivity contribution >= 4 is 17.7 Å². The number of carbonyl (C=O) groups is 2. The van der Waals surface area contributed by atoms with E-state index in [-0.39, 0.29) is 19.1 Å². The predicted octanol–water partition coefficient (Wildman–Crippen LogP) is 4.85. The van der Waals surface area contributed by atoms with Crippen molar-refractivity contribution in [3.63, 3.8) is 0 Å². The molecule has 0 spiro atoms. The minimum atomic E-state index is -0.983. The van der Waals surface area contributed by atoms with Gasteiger partial charge < -0.3 is 34.3 Å². The molecule has 2 rings (SSSR count). The number of benzene rings is 2. The predicted molar refractivity (Wildman–Crippen MR) is 143 cm³/mol. The summed E-state index contributed by atoms with van der Waals surface area (Å²) in [6.45, 7) is 6.45. The number of aliphatic carboxylic acids is 1. The fraction of sp³-hybridized carbons (Fsp3) is 0.500. The van der Waals surface area contributed by atoms with Crippen molar-refractivity contribution in [3.8, 4) is 11.5 Å². The monoisotopic (exact) mass is 516 g/mol. The Morgan fingerprint density at radius 3 is 2.41 bits per heavy atom. The fourth-order valence-corrected chi connectivity index (χ4v) is 3.58. The summed E-state index contributed by atoms with van der Waals surface area (Å²) >= 11 is 0. The maximum atomic E-state index is 13.0. The average molecular weight is 517 g/mol. The molecular formula is C28H40N2O7. The first-order chi connectivity index (χ1) is 18.0. The smallest absolute Gasteiger partial charge is 0.333 e. The fourth-order valence-electron chi connectivity index (χ4n) is 3.58. The summed E-state index contributed by atoms with van der Waals surface area (Å²) in [6, 6.07) is 14.2. The number of ether oxygens (including phenoxy) is 4. The number of hydrogen-bond donors (Lipinski definition) is 2. The Kier molecular flexibility index (Phi) is 13.9. The topological polar surface area (TPSA) is 107 Å². The molecule has 0 saturated heterocycles. The van der Waals surface area contributed by atoms with Crippen LogP contribution in [-0.2, 0) is 20.7 Å². The van der Waals surface area contributed by atoms with Crippen molar-refractivity contribution in [2.75, 3.05) is 51.9 Å². The van der Waals surface area contributed by atoms with Gasteiger partial charge in [-0.1, -0.05) is 38.0 Å². The second-order valence-corrected chi connectivity index (χ2v) is 8.45. The van der Waals surface area contributed by atoms with Gasteiger partial charge in [-0.15, -0.1) is 0 Å². The molecule has 1 atom stereocenters. The van der Waals surface area contributed by atoms with Gasteiger partial charge in [0.2, 0.25) is 0 Å². The van der Waals surface area contributed by atoms with Crippen LogP contribution in [0.4, 0.5) is 10.5 Å². The van der Waals surface area contributed by atoms with E-state index in [4.69, 9.17) is 18.9 Å². The second-order valence-electron chi connectivity index (χ2n) is 8.45. The number of anilines is 1. The van der Waals surface area contributed by atoms with Crippen LogP contribution in [-0.4, -0.2) is 74.7 Å². The van der Waals surface area contributed by atoms with Gasteiger partial charge in [-0.3, -0.25) is 0 Å². The molecule has 9 heteroatoms. The molecule has 0 aliphatic heterocycles. The molecule has 0 aliphatic carbocycles. The highest BCUT2D eigenvalue weighted by molar-refractivity contribution is 5.89. The number of methoxy groups -OCH3 is 1. The van der Waals surface area contributed by atoms with Crippen LogP contribution in [0.5, 0.6) is 11.5 Å². The summed E-state index contributed by atoms with van der Waals surface area (Å²) in [5, 5.41) is 12.2. The normalized spacial score (nSPS) is 11.5. The van der Waals surface area contributed by atoms with Crippen molar-refractivity contribution < 1.29 is 33.6 Å². The SMILES string of the molecule is CCCCCOCCN(CCOc1ccc(CC(OCC)C(=O)O)cc1)C(=O)Nc1cccc(OC)c1. The Morgan fingerprint density at radius 1 is 0.973 bits per heavy atom. The first kappa shape index (κ1) is 29.9. The molecule has 1 unspecified atom stereocenters. The molecule has 37 heavy (non-hydrogen) atoms. The Hall–Kier alpha value is -3.30. The van der Waals surface area contributed by atoms with Crippen LogP contribution in [0.25, 0.3) is 0 Å². The van der Waals surface area contributed by atoms with E-state index in [1.54, 1.807) is 43.2 Å². The molecule has 0 bridgehead atoms. The van der Waals surface area contributed by atoms with Crippen LogP contribution in [0.1, 0.15) is 38.7 Å². The maximum Gasteiger partial charge on any atom is 0.333 e. The number of hydrogen-bond acceptors (Lipinski definition) is 6. The van der Waals surface area contributed by atoms with E-state index in [0.717, 1.165) is 24.8 Å². The lowest BCUT2D eigenvalue weighted by Crippen LogP contribution is -2.40. The number of rotatable bonds is 18. The molecule has 204 valence electrons. The summed E-state index contributed by atoms with van der Waals surface area (Å²) in [7, 11) is 1.58. The van der Waals surface area contributed by atoms with Crippen LogP contribution < -0.4 is 14.8 Å². The number of unbranched alkanes of at least 4 members (excludes halogenated alkanes) is 2. The van der Waals surface area contributed by atoms with E-state index in [1.807, 2.05) is 24.3 Å². The molecule has 2 N–H and O–H groups in total. The van der Waals surface area contributed by atoms with Gasteiger partial charge in [0.15, 0.2) is 6.10 Å². The standard InChI is InChI=1S/C28H40N2O7/c1-4-6-7-17-35-18-15-30(28(33)29-23-9-8-10-25(21-23)34-3)16-19-37-24-13-11-22(12-14-24)20-26(27(31)32)36-5-2/h8-14,21,26H,4-7,15-20H2,1-3H3,(H,29,33)(H,31,32). The van der Waals surface area contributed by atoms with Gasteiger partial charge in [-0.2, -0.15) is 0 Å². The Labute approximate surface area is 219 Å². The molecule has 0 aliphatic rings. The second kappa shape index (κ2) is 17.2. The van der Waals surface area contributed by atoms with E-state index >= 15 is 0 Å². The van der Waals surface area contributed by atoms with E-state index in [9.17, 15) is 14.7 Å². The summed E-state index contributed by atoms with van der Waals surface area (Å²) in [6.07, 6.45) is 2.65. The van der Waals surface area contributed by atoms with Crippen molar-refractivity contribution in [2.24, 2.45) is 0 Å². The molecule has 0 saturated carbocycles. The molecule has 0 aromatic heterocycles. The van der Waals surface area contributed by atoms with Crippen LogP contribution in [0.15, 0.2) is 48.5 Å². The number of amides is 2. The third kappa shape index (κ3) is 11.5. The third-order valence-corrected chi connectivity index (χ3v) is 5.62. The Bertz CT molecular complexity index is 936. The molecule has 2 aromatic carbocycles. The molecular weight excluding hydrogens is 476 g/mol. The highest BCUT2D eigenvalue weighted by atomic mass is 16.5. The molecule has 9 nitrogen and oxygen atoms in total. The minimum Gasteiger partial charge on any atom is -0.497 e. The first-order valence-corrected chi connectivity index (χ1v) is 12.8. The van der Waals surface area contributed by atoms with Gasteiger partial charge in [-0.25, -0.2) is 9.59 Å². The number of urea groups is 1. The van der Waals surface area contributed by atoms with Crippen molar-refractivity contribution in [1.29, 1.82) is 0 Å². The number of nitrogens with zero attached hydrogens (tertiary/aromatic N) is 1. The summed E-state index contributed by atoms with van der Waals surface area (Å²) in [5.41, 5.74) is 1.48. The highest BCUT2D eigenvalue weighted by Gasteiger charge is 2.18. The van der Waals surface area contributed by atoms with Gasteiger partial charge in [0.05, 0.1) is 20.3 Å². The zero-order chi connectivity index (χ0) is 26.9. The summed E-state index contributed by atoms with van der Waals surface area (Å²) < 4.78 is 22.1. The third-order valence-electron chi connectivity index (χ3n) is 5.62. The lowest BCUT2D eigenvalue weighted by atomic mass is 10.1. The largest absolute Gasteiger partial charge is 0.497 e. The van der Waals surface area contributed by atoms with Crippen LogP contribution in [0.2, 0.25) is 0 Å². The highest BCUT2D eigenvalue weighted by Crippen LogP contribution is 2.18. The lowest BCUT2D eigenvalue weighted by molar-refractivity contribution is -0.149. The van der Waals surface area contributed by atoms with Gasteiger partial charge in [0.25, 0.3) is 0 Å². The number of nitrogens with one attached hydrogen (secondary N) is 1. The van der Waals surface area contributed by atoms with Gasteiger partial charge in [0.1, 0.15) is 18.1 Å². The van der Waals surface area contributed by atoms with Gasteiger partial charge in [-0.05, 0) is 43.2 Å². The summed E-state index contributed by atoms with van der Waals surface area (Å²) in [4.78, 5) is 25.9. The molecule has 0 heterocycles. The number of carbonyl (C=O) groups excluding carboxylic acids is 1. The molecule has 0 radical (unpaired) electrons. The van der Waals surface area contributed by atoms with Gasteiger partial charge >= 0.3 is 12.0 Å². The maximum absolute atomic E-state index is 13.0. The van der Waals surface area contributed by atoms with Crippen molar-refractivity contribution in [3.05, 3.63) is 54.1 Å². The minimum absolute atomic E-state index is 0.250. The first-order valence-electron chi connectivity index (χ1n) is 12.8. The average Bonchev–Trinajstić information content (AvgIpc) is 2.90. The van der Waals surface area contributed by atoms with Crippen molar-refractivity contribution in [1.82, 2.24) is 4.90 Å². The zero-order valence-corrected chi connectivity index (χ0v) is 22.1. The van der Waals surface area contributed by atoms with Crippen molar-refractivity contribution in [2.45, 2.75) is 45.6 Å². The quantitative estimate of drug-likeness (QED) is 0.273. The Balaban J connectivity index is 1.91. The van der Waals surface area contributed by atoms with Crippen LogP contribution in [0.3, 0.4) is 0 Å². The van der Waals surface area contributed by atoms with E-state index < -0.39 is 12.1 Å². The Morgan fingerprint density at radius 2 is 1.73 bits per heavy atom. The van der Waals surface area contributed by atoms with E-state index in [0.29, 0.717) is 50.1 Å². The number of carboxylic acid groups (broad SMARTS) is 1. The molecule has 0 fully saturated rings. The molecule has 2 amide bonds. The lowest BCUT2D eigenvalue weighted by Gasteiger charge is -2.23. The van der Waals surface area contributed by atoms with Crippen LogP contribution in [0, 0.1) is 0 Å². The zero-order valence-electron chi connectivity index (χ0n) is 22.1.